The van der Waals surface area contributed by atoms with E-state index < -0.39 is 29.8 Å². The van der Waals surface area contributed by atoms with Crippen LogP contribution in [0.3, 0.4) is 0 Å². The number of ether oxygens (including phenoxy) is 1. The molecule has 1 saturated carbocycles. The Morgan fingerprint density at radius 2 is 2.00 bits per heavy atom. The van der Waals surface area contributed by atoms with Crippen LogP contribution in [-0.2, 0) is 22.3 Å². The lowest BCUT2D eigenvalue weighted by molar-refractivity contribution is -0.137. The Labute approximate surface area is 143 Å². The van der Waals surface area contributed by atoms with Crippen LogP contribution in [0.25, 0.3) is 0 Å². The number of alkyl halides is 3. The van der Waals surface area contributed by atoms with Gasteiger partial charge in [0.1, 0.15) is 6.10 Å². The number of amides is 3. The summed E-state index contributed by atoms with van der Waals surface area (Å²) in [5, 5.41) is 2.36. The summed E-state index contributed by atoms with van der Waals surface area (Å²) in [6.07, 6.45) is -2.94. The average molecular weight is 359 g/mol. The van der Waals surface area contributed by atoms with Gasteiger partial charge >= 0.3 is 12.2 Å². The van der Waals surface area contributed by atoms with Gasteiger partial charge in [0.25, 0.3) is 5.91 Å². The zero-order valence-electron chi connectivity index (χ0n) is 13.7. The maximum atomic E-state index is 12.6. The molecule has 1 aliphatic rings. The van der Waals surface area contributed by atoms with Crippen LogP contribution in [-0.4, -0.2) is 24.6 Å². The van der Waals surface area contributed by atoms with Crippen LogP contribution in [0.1, 0.15) is 30.9 Å². The molecule has 0 aliphatic heterocycles. The molecule has 0 saturated heterocycles. The average Bonchev–Trinajstić information content (AvgIpc) is 3.39. The first kappa shape index (κ1) is 19.0. The molecule has 0 aromatic heterocycles. The van der Waals surface area contributed by atoms with Crippen molar-refractivity contribution in [2.45, 2.75) is 38.6 Å². The van der Waals surface area contributed by atoms with Crippen molar-refractivity contribution in [3.8, 4) is 0 Å². The summed E-state index contributed by atoms with van der Waals surface area (Å²) in [6, 6.07) is 3.89. The summed E-state index contributed by atoms with van der Waals surface area (Å²) in [6.45, 7) is 1.97. The number of halogens is 3. The van der Waals surface area contributed by atoms with Gasteiger partial charge in [-0.3, -0.25) is 10.2 Å². The number of carbonyl (C=O) groups is 2. The summed E-state index contributed by atoms with van der Waals surface area (Å²) in [5.74, 6) is 0.00818. The number of hydrazine groups is 1. The Morgan fingerprint density at radius 1 is 1.28 bits per heavy atom. The molecule has 1 atom stereocenters. The van der Waals surface area contributed by atoms with E-state index in [-0.39, 0.29) is 12.1 Å². The molecule has 0 radical (unpaired) electrons. The first-order chi connectivity index (χ1) is 11.8. The van der Waals surface area contributed by atoms with Crippen LogP contribution < -0.4 is 16.2 Å². The van der Waals surface area contributed by atoms with Crippen molar-refractivity contribution in [3.63, 3.8) is 0 Å². The Kier molecular flexibility index (Phi) is 6.24. The lowest BCUT2D eigenvalue weighted by atomic mass is 10.1. The van der Waals surface area contributed by atoms with Gasteiger partial charge in [-0.2, -0.15) is 13.2 Å². The quantitative estimate of drug-likeness (QED) is 0.682. The highest BCUT2D eigenvalue weighted by Crippen LogP contribution is 2.30. The van der Waals surface area contributed by atoms with E-state index in [1.807, 2.05) is 0 Å². The number of rotatable bonds is 6. The summed E-state index contributed by atoms with van der Waals surface area (Å²) >= 11 is 0. The molecule has 3 N–H and O–H groups in total. The first-order valence-electron chi connectivity index (χ1n) is 7.87. The minimum atomic E-state index is -4.44. The zero-order chi connectivity index (χ0) is 18.4. The number of hydrogen-bond acceptors (Lipinski definition) is 3. The molecular weight excluding hydrogens is 339 g/mol. The second-order valence-corrected chi connectivity index (χ2v) is 5.91. The van der Waals surface area contributed by atoms with Gasteiger partial charge in [-0.25, -0.2) is 10.2 Å². The molecule has 1 aromatic carbocycles. The third-order valence-corrected chi connectivity index (χ3v) is 3.65. The number of nitrogens with one attached hydrogen (secondary N) is 3. The predicted octanol–water partition coefficient (Wildman–Crippen LogP) is 2.35. The standard InChI is InChI=1S/C16H20F3N3O3/c1-10(25-9-11-5-6-11)14(23)21-22-15(24)20-8-12-3-2-4-13(7-12)16(17,18)19/h2-4,7,10-11H,5-6,8-9H2,1H3,(H,21,23)(H2,20,22,24). The van der Waals surface area contributed by atoms with Crippen molar-refractivity contribution in [1.29, 1.82) is 0 Å². The summed E-state index contributed by atoms with van der Waals surface area (Å²) < 4.78 is 43.2. The van der Waals surface area contributed by atoms with Crippen LogP contribution in [0.15, 0.2) is 24.3 Å². The first-order valence-corrected chi connectivity index (χ1v) is 7.87. The van der Waals surface area contributed by atoms with Crippen molar-refractivity contribution >= 4 is 11.9 Å². The van der Waals surface area contributed by atoms with E-state index in [1.54, 1.807) is 6.92 Å². The second kappa shape index (κ2) is 8.19. The molecule has 3 amide bonds. The van der Waals surface area contributed by atoms with E-state index in [1.165, 1.54) is 12.1 Å². The van der Waals surface area contributed by atoms with Crippen LogP contribution in [0, 0.1) is 5.92 Å². The molecule has 0 spiro atoms. The molecule has 25 heavy (non-hydrogen) atoms. The maximum Gasteiger partial charge on any atom is 0.416 e. The highest BCUT2D eigenvalue weighted by atomic mass is 19.4. The van der Waals surface area contributed by atoms with E-state index in [0.717, 1.165) is 25.0 Å². The van der Waals surface area contributed by atoms with Gasteiger partial charge in [-0.05, 0) is 43.4 Å². The van der Waals surface area contributed by atoms with Gasteiger partial charge in [0.05, 0.1) is 12.2 Å². The third kappa shape index (κ3) is 6.61. The molecule has 1 aromatic rings. The van der Waals surface area contributed by atoms with Gasteiger partial charge in [0, 0.05) is 6.54 Å². The minimum Gasteiger partial charge on any atom is -0.368 e. The van der Waals surface area contributed by atoms with Gasteiger partial charge in [-0.15, -0.1) is 0 Å². The fourth-order valence-electron chi connectivity index (χ4n) is 1.94. The Balaban J connectivity index is 1.70. The second-order valence-electron chi connectivity index (χ2n) is 5.91. The fraction of sp³-hybridized carbons (Fsp3) is 0.500. The number of benzene rings is 1. The molecule has 0 bridgehead atoms. The molecule has 6 nitrogen and oxygen atoms in total. The monoisotopic (exact) mass is 359 g/mol. The number of urea groups is 1. The van der Waals surface area contributed by atoms with Crippen molar-refractivity contribution in [3.05, 3.63) is 35.4 Å². The summed E-state index contributed by atoms with van der Waals surface area (Å²) in [5.41, 5.74) is 3.82. The van der Waals surface area contributed by atoms with E-state index in [9.17, 15) is 22.8 Å². The van der Waals surface area contributed by atoms with E-state index in [4.69, 9.17) is 4.74 Å². The molecule has 2 rings (SSSR count). The lowest BCUT2D eigenvalue weighted by Gasteiger charge is -2.14. The van der Waals surface area contributed by atoms with Crippen molar-refractivity contribution < 1.29 is 27.5 Å². The van der Waals surface area contributed by atoms with Crippen molar-refractivity contribution in [2.75, 3.05) is 6.61 Å². The van der Waals surface area contributed by atoms with Crippen LogP contribution in [0.4, 0.5) is 18.0 Å². The van der Waals surface area contributed by atoms with Crippen LogP contribution in [0.2, 0.25) is 0 Å². The predicted molar refractivity (Wildman–Crippen MR) is 83.1 cm³/mol. The largest absolute Gasteiger partial charge is 0.416 e. The molecule has 1 aliphatic carbocycles. The number of carbonyl (C=O) groups excluding carboxylic acids is 2. The van der Waals surface area contributed by atoms with Crippen LogP contribution in [0.5, 0.6) is 0 Å². The van der Waals surface area contributed by atoms with E-state index >= 15 is 0 Å². The van der Waals surface area contributed by atoms with Crippen molar-refractivity contribution in [1.82, 2.24) is 16.2 Å². The zero-order valence-corrected chi connectivity index (χ0v) is 13.7. The van der Waals surface area contributed by atoms with Gasteiger partial charge in [0.2, 0.25) is 0 Å². The molecule has 1 fully saturated rings. The lowest BCUT2D eigenvalue weighted by Crippen LogP contribution is -2.49. The summed E-state index contributed by atoms with van der Waals surface area (Å²) in [7, 11) is 0. The molecule has 9 heteroatoms. The molecule has 138 valence electrons. The Bertz CT molecular complexity index is 618. The van der Waals surface area contributed by atoms with Crippen LogP contribution >= 0.6 is 0 Å². The molecule has 0 heterocycles. The number of hydrogen-bond donors (Lipinski definition) is 3. The highest BCUT2D eigenvalue weighted by molar-refractivity contribution is 5.83. The van der Waals surface area contributed by atoms with Gasteiger partial charge < -0.3 is 10.1 Å². The van der Waals surface area contributed by atoms with E-state index in [2.05, 4.69) is 16.2 Å². The SMILES string of the molecule is CC(OCC1CC1)C(=O)NNC(=O)NCc1cccc(C(F)(F)F)c1. The molecule has 1 unspecified atom stereocenters. The summed E-state index contributed by atoms with van der Waals surface area (Å²) in [4.78, 5) is 23.3. The third-order valence-electron chi connectivity index (χ3n) is 3.65. The minimum absolute atomic E-state index is 0.112. The Hall–Kier alpha value is -2.29. The normalized spacial score (nSPS) is 15.4. The molecular formula is C16H20F3N3O3. The topological polar surface area (TPSA) is 79.5 Å². The Morgan fingerprint density at radius 3 is 2.64 bits per heavy atom. The van der Waals surface area contributed by atoms with Gasteiger partial charge in [-0.1, -0.05) is 12.1 Å². The van der Waals surface area contributed by atoms with E-state index in [0.29, 0.717) is 12.5 Å². The van der Waals surface area contributed by atoms with Gasteiger partial charge in [0.15, 0.2) is 0 Å². The highest BCUT2D eigenvalue weighted by Gasteiger charge is 2.30. The fourth-order valence-corrected chi connectivity index (χ4v) is 1.94. The van der Waals surface area contributed by atoms with Crippen molar-refractivity contribution in [2.24, 2.45) is 5.92 Å². The smallest absolute Gasteiger partial charge is 0.368 e. The maximum absolute atomic E-state index is 12.6.